The van der Waals surface area contributed by atoms with Gasteiger partial charge in [-0.15, -0.1) is 0 Å². The average molecular weight is 241 g/mol. The van der Waals surface area contributed by atoms with E-state index in [-0.39, 0.29) is 17.7 Å². The SMILES string of the molecule is O=C(CNc1ccnc(Cl)n1)N1CCCC1. The summed E-state index contributed by atoms with van der Waals surface area (Å²) in [7, 11) is 0. The van der Waals surface area contributed by atoms with Gasteiger partial charge in [-0.1, -0.05) is 0 Å². The second-order valence-corrected chi connectivity index (χ2v) is 3.99. The van der Waals surface area contributed by atoms with Gasteiger partial charge in [0.25, 0.3) is 0 Å². The molecule has 2 heterocycles. The Morgan fingerprint density at radius 3 is 2.94 bits per heavy atom. The number of nitrogens with one attached hydrogen (secondary N) is 1. The number of carbonyl (C=O) groups excluding carboxylic acids is 1. The molecule has 0 saturated carbocycles. The molecule has 1 saturated heterocycles. The fourth-order valence-electron chi connectivity index (χ4n) is 1.68. The summed E-state index contributed by atoms with van der Waals surface area (Å²) in [5.74, 6) is 0.680. The van der Waals surface area contributed by atoms with Crippen LogP contribution in [0, 0.1) is 0 Å². The third-order valence-electron chi connectivity index (χ3n) is 2.51. The van der Waals surface area contributed by atoms with Crippen LogP contribution < -0.4 is 5.32 Å². The zero-order valence-electron chi connectivity index (χ0n) is 8.82. The second kappa shape index (κ2) is 5.12. The van der Waals surface area contributed by atoms with Crippen LogP contribution >= 0.6 is 11.6 Å². The Labute approximate surface area is 98.8 Å². The van der Waals surface area contributed by atoms with Crippen molar-refractivity contribution in [2.45, 2.75) is 12.8 Å². The molecule has 1 aromatic heterocycles. The first-order chi connectivity index (χ1) is 7.75. The van der Waals surface area contributed by atoms with Gasteiger partial charge < -0.3 is 10.2 Å². The van der Waals surface area contributed by atoms with Crippen molar-refractivity contribution in [3.05, 3.63) is 17.5 Å². The topological polar surface area (TPSA) is 58.1 Å². The van der Waals surface area contributed by atoms with Crippen molar-refractivity contribution in [1.29, 1.82) is 0 Å². The van der Waals surface area contributed by atoms with Gasteiger partial charge in [-0.05, 0) is 30.5 Å². The van der Waals surface area contributed by atoms with Crippen LogP contribution in [0.3, 0.4) is 0 Å². The molecule has 86 valence electrons. The summed E-state index contributed by atoms with van der Waals surface area (Å²) in [5, 5.41) is 3.11. The molecular formula is C10H13ClN4O. The lowest BCUT2D eigenvalue weighted by molar-refractivity contribution is -0.128. The lowest BCUT2D eigenvalue weighted by Crippen LogP contribution is -2.33. The number of amides is 1. The quantitative estimate of drug-likeness (QED) is 0.806. The summed E-state index contributed by atoms with van der Waals surface area (Å²) < 4.78 is 0. The number of halogens is 1. The van der Waals surface area contributed by atoms with Crippen LogP contribution in [0.1, 0.15) is 12.8 Å². The second-order valence-electron chi connectivity index (χ2n) is 3.65. The number of anilines is 1. The highest BCUT2D eigenvalue weighted by Crippen LogP contribution is 2.09. The standard InChI is InChI=1S/C10H13ClN4O/c11-10-12-4-3-8(14-10)13-7-9(16)15-5-1-2-6-15/h3-4H,1-2,5-7H2,(H,12,13,14). The van der Waals surface area contributed by atoms with Crippen LogP contribution in [0.4, 0.5) is 5.82 Å². The summed E-state index contributed by atoms with van der Waals surface area (Å²) in [6.45, 7) is 1.99. The van der Waals surface area contributed by atoms with E-state index in [0.29, 0.717) is 5.82 Å². The predicted octanol–water partition coefficient (Wildman–Crippen LogP) is 1.16. The van der Waals surface area contributed by atoms with Crippen LogP contribution in [-0.4, -0.2) is 40.4 Å². The lowest BCUT2D eigenvalue weighted by atomic mass is 10.4. The Balaban J connectivity index is 1.84. The molecule has 1 fully saturated rings. The first-order valence-corrected chi connectivity index (χ1v) is 5.64. The van der Waals surface area contributed by atoms with Crippen molar-refractivity contribution in [2.24, 2.45) is 0 Å². The highest BCUT2D eigenvalue weighted by atomic mass is 35.5. The van der Waals surface area contributed by atoms with Crippen LogP contribution in [0.25, 0.3) is 0 Å². The van der Waals surface area contributed by atoms with Gasteiger partial charge in [0, 0.05) is 19.3 Å². The molecule has 0 aromatic carbocycles. The monoisotopic (exact) mass is 240 g/mol. The minimum atomic E-state index is 0.104. The largest absolute Gasteiger partial charge is 0.361 e. The smallest absolute Gasteiger partial charge is 0.241 e. The van der Waals surface area contributed by atoms with Gasteiger partial charge in [-0.2, -0.15) is 0 Å². The minimum absolute atomic E-state index is 0.104. The predicted molar refractivity (Wildman–Crippen MR) is 61.3 cm³/mol. The highest BCUT2D eigenvalue weighted by molar-refractivity contribution is 6.28. The van der Waals surface area contributed by atoms with E-state index in [1.807, 2.05) is 4.90 Å². The zero-order chi connectivity index (χ0) is 11.4. The van der Waals surface area contributed by atoms with Gasteiger partial charge in [0.2, 0.25) is 11.2 Å². The van der Waals surface area contributed by atoms with Crippen molar-refractivity contribution in [1.82, 2.24) is 14.9 Å². The molecule has 1 aromatic rings. The highest BCUT2D eigenvalue weighted by Gasteiger charge is 2.17. The van der Waals surface area contributed by atoms with Crippen LogP contribution in [0.2, 0.25) is 5.28 Å². The molecule has 16 heavy (non-hydrogen) atoms. The van der Waals surface area contributed by atoms with Gasteiger partial charge in [0.1, 0.15) is 5.82 Å². The molecule has 1 aliphatic rings. The van der Waals surface area contributed by atoms with Gasteiger partial charge >= 0.3 is 0 Å². The van der Waals surface area contributed by atoms with Crippen molar-refractivity contribution in [3.63, 3.8) is 0 Å². The number of nitrogens with zero attached hydrogens (tertiary/aromatic N) is 3. The Hall–Kier alpha value is -1.36. The molecule has 0 bridgehead atoms. The Morgan fingerprint density at radius 2 is 2.25 bits per heavy atom. The molecule has 1 amide bonds. The molecule has 2 rings (SSSR count). The van der Waals surface area contributed by atoms with E-state index in [1.165, 1.54) is 0 Å². The average Bonchev–Trinajstić information content (AvgIpc) is 2.79. The summed E-state index contributed by atoms with van der Waals surface area (Å²) in [4.78, 5) is 21.3. The summed E-state index contributed by atoms with van der Waals surface area (Å²) >= 11 is 5.63. The molecule has 0 aliphatic carbocycles. The first kappa shape index (κ1) is 11.1. The molecule has 1 aliphatic heterocycles. The van der Waals surface area contributed by atoms with Crippen molar-refractivity contribution in [3.8, 4) is 0 Å². The van der Waals surface area contributed by atoms with Crippen LogP contribution in [-0.2, 0) is 4.79 Å². The number of aromatic nitrogens is 2. The fraction of sp³-hybridized carbons (Fsp3) is 0.500. The van der Waals surface area contributed by atoms with E-state index in [0.717, 1.165) is 25.9 Å². The molecule has 1 N–H and O–H groups in total. The molecule has 0 atom stereocenters. The van der Waals surface area contributed by atoms with Crippen LogP contribution in [0.15, 0.2) is 12.3 Å². The first-order valence-electron chi connectivity index (χ1n) is 5.26. The zero-order valence-corrected chi connectivity index (χ0v) is 9.57. The third-order valence-corrected chi connectivity index (χ3v) is 2.69. The Morgan fingerprint density at radius 1 is 1.50 bits per heavy atom. The number of carbonyl (C=O) groups is 1. The van der Waals surface area contributed by atoms with E-state index in [9.17, 15) is 4.79 Å². The molecule has 5 nitrogen and oxygen atoms in total. The summed E-state index contributed by atoms with van der Waals surface area (Å²) in [6.07, 6.45) is 3.76. The van der Waals surface area contributed by atoms with Gasteiger partial charge in [0.05, 0.1) is 6.54 Å². The minimum Gasteiger partial charge on any atom is -0.361 e. The van der Waals surface area contributed by atoms with Crippen molar-refractivity contribution < 1.29 is 4.79 Å². The van der Waals surface area contributed by atoms with Gasteiger partial charge in [-0.3, -0.25) is 4.79 Å². The maximum atomic E-state index is 11.7. The van der Waals surface area contributed by atoms with E-state index in [2.05, 4.69) is 15.3 Å². The summed E-state index contributed by atoms with van der Waals surface area (Å²) in [6, 6.07) is 1.68. The maximum absolute atomic E-state index is 11.7. The molecule has 0 radical (unpaired) electrons. The van der Waals surface area contributed by atoms with E-state index in [4.69, 9.17) is 11.6 Å². The molecule has 6 heteroatoms. The third kappa shape index (κ3) is 2.82. The number of hydrogen-bond acceptors (Lipinski definition) is 4. The van der Waals surface area contributed by atoms with Gasteiger partial charge in [0.15, 0.2) is 0 Å². The van der Waals surface area contributed by atoms with Gasteiger partial charge in [-0.25, -0.2) is 9.97 Å². The normalized spacial score (nSPS) is 15.2. The number of likely N-dealkylation sites (tertiary alicyclic amines) is 1. The lowest BCUT2D eigenvalue weighted by Gasteiger charge is -2.15. The van der Waals surface area contributed by atoms with E-state index >= 15 is 0 Å². The van der Waals surface area contributed by atoms with E-state index < -0.39 is 0 Å². The fourth-order valence-corrected chi connectivity index (χ4v) is 1.83. The van der Waals surface area contributed by atoms with Crippen molar-refractivity contribution >= 4 is 23.3 Å². The number of hydrogen-bond donors (Lipinski definition) is 1. The maximum Gasteiger partial charge on any atom is 0.241 e. The molecule has 0 unspecified atom stereocenters. The van der Waals surface area contributed by atoms with Crippen LogP contribution in [0.5, 0.6) is 0 Å². The Kier molecular flexibility index (Phi) is 3.56. The van der Waals surface area contributed by atoms with E-state index in [1.54, 1.807) is 12.3 Å². The Bertz CT molecular complexity index is 379. The molecular weight excluding hydrogens is 228 g/mol. The van der Waals surface area contributed by atoms with Crippen molar-refractivity contribution in [2.75, 3.05) is 25.0 Å². The molecule has 0 spiro atoms. The summed E-state index contributed by atoms with van der Waals surface area (Å²) in [5.41, 5.74) is 0. The number of rotatable bonds is 3.